The van der Waals surface area contributed by atoms with Crippen molar-refractivity contribution in [3.05, 3.63) is 36.1 Å². The SMILES string of the molecule is CCCCNc1cc(C(=O)O)cc(S(N)(=O)=O)c1-c1ccco1. The highest BCUT2D eigenvalue weighted by molar-refractivity contribution is 7.89. The molecule has 0 unspecified atom stereocenters. The Labute approximate surface area is 134 Å². The lowest BCUT2D eigenvalue weighted by Gasteiger charge is -2.15. The van der Waals surface area contributed by atoms with Gasteiger partial charge in [-0.2, -0.15) is 0 Å². The Morgan fingerprint density at radius 1 is 1.39 bits per heavy atom. The van der Waals surface area contributed by atoms with E-state index >= 15 is 0 Å². The summed E-state index contributed by atoms with van der Waals surface area (Å²) >= 11 is 0. The second kappa shape index (κ2) is 6.84. The lowest BCUT2D eigenvalue weighted by molar-refractivity contribution is 0.0696. The molecule has 8 heteroatoms. The van der Waals surface area contributed by atoms with Crippen LogP contribution in [0.3, 0.4) is 0 Å². The molecular formula is C15H18N2O5S. The average Bonchev–Trinajstić information content (AvgIpc) is 2.99. The summed E-state index contributed by atoms with van der Waals surface area (Å²) in [6.45, 7) is 2.58. The van der Waals surface area contributed by atoms with Gasteiger partial charge in [0, 0.05) is 12.2 Å². The van der Waals surface area contributed by atoms with Gasteiger partial charge in [-0.05, 0) is 30.7 Å². The zero-order valence-corrected chi connectivity index (χ0v) is 13.4. The first-order valence-electron chi connectivity index (χ1n) is 7.06. The van der Waals surface area contributed by atoms with Crippen LogP contribution in [0, 0.1) is 0 Å². The van der Waals surface area contributed by atoms with E-state index in [1.165, 1.54) is 12.3 Å². The van der Waals surface area contributed by atoms with Crippen molar-refractivity contribution in [3.8, 4) is 11.3 Å². The number of rotatable bonds is 7. The van der Waals surface area contributed by atoms with Crippen molar-refractivity contribution in [1.29, 1.82) is 0 Å². The van der Waals surface area contributed by atoms with Gasteiger partial charge in [0.05, 0.1) is 22.3 Å². The van der Waals surface area contributed by atoms with Crippen LogP contribution in [-0.4, -0.2) is 26.0 Å². The van der Waals surface area contributed by atoms with Crippen molar-refractivity contribution in [3.63, 3.8) is 0 Å². The molecule has 1 heterocycles. The van der Waals surface area contributed by atoms with Gasteiger partial charge in [-0.25, -0.2) is 18.4 Å². The maximum absolute atomic E-state index is 11.9. The molecule has 0 radical (unpaired) electrons. The first-order chi connectivity index (χ1) is 10.8. The number of primary sulfonamides is 1. The predicted molar refractivity (Wildman–Crippen MR) is 85.9 cm³/mol. The standard InChI is InChI=1S/C15H18N2O5S/c1-2-3-6-17-11-8-10(15(18)19)9-13(23(16,20)21)14(11)12-5-4-7-22-12/h4-5,7-9,17H,2-3,6H2,1H3,(H,18,19)(H2,16,20,21). The van der Waals surface area contributed by atoms with Gasteiger partial charge in [0.1, 0.15) is 5.76 Å². The summed E-state index contributed by atoms with van der Waals surface area (Å²) in [5.41, 5.74) is 0.430. The number of carboxylic acid groups (broad SMARTS) is 1. The van der Waals surface area contributed by atoms with E-state index in [-0.39, 0.29) is 16.0 Å². The Kier molecular flexibility index (Phi) is 5.07. The largest absolute Gasteiger partial charge is 0.478 e. The molecule has 2 aromatic rings. The fourth-order valence-corrected chi connectivity index (χ4v) is 2.96. The van der Waals surface area contributed by atoms with E-state index in [1.54, 1.807) is 12.1 Å². The first-order valence-corrected chi connectivity index (χ1v) is 8.61. The Morgan fingerprint density at radius 2 is 2.13 bits per heavy atom. The second-order valence-corrected chi connectivity index (χ2v) is 6.53. The highest BCUT2D eigenvalue weighted by Gasteiger charge is 2.23. The Hall–Kier alpha value is -2.32. The molecule has 7 nitrogen and oxygen atoms in total. The smallest absolute Gasteiger partial charge is 0.335 e. The quantitative estimate of drug-likeness (QED) is 0.667. The van der Waals surface area contributed by atoms with Crippen molar-refractivity contribution < 1.29 is 22.7 Å². The van der Waals surface area contributed by atoms with Gasteiger partial charge in [-0.1, -0.05) is 13.3 Å². The average molecular weight is 338 g/mol. The number of nitrogens with two attached hydrogens (primary N) is 1. The van der Waals surface area contributed by atoms with Crippen molar-refractivity contribution in [2.75, 3.05) is 11.9 Å². The monoisotopic (exact) mass is 338 g/mol. The number of carboxylic acids is 1. The van der Waals surface area contributed by atoms with Gasteiger partial charge < -0.3 is 14.8 Å². The van der Waals surface area contributed by atoms with Crippen molar-refractivity contribution in [1.82, 2.24) is 0 Å². The number of hydrogen-bond donors (Lipinski definition) is 3. The zero-order valence-electron chi connectivity index (χ0n) is 12.6. The fourth-order valence-electron chi connectivity index (χ4n) is 2.18. The van der Waals surface area contributed by atoms with E-state index in [2.05, 4.69) is 5.32 Å². The molecule has 0 amide bonds. The van der Waals surface area contributed by atoms with Crippen molar-refractivity contribution in [2.45, 2.75) is 24.7 Å². The first kappa shape index (κ1) is 17.0. The van der Waals surface area contributed by atoms with Gasteiger partial charge >= 0.3 is 5.97 Å². The van der Waals surface area contributed by atoms with E-state index in [9.17, 15) is 18.3 Å². The molecule has 1 aromatic carbocycles. The summed E-state index contributed by atoms with van der Waals surface area (Å²) in [6.07, 6.45) is 3.19. The van der Waals surface area contributed by atoms with Gasteiger partial charge in [0.15, 0.2) is 0 Å². The van der Waals surface area contributed by atoms with Crippen LogP contribution in [0.1, 0.15) is 30.1 Å². The van der Waals surface area contributed by atoms with E-state index in [0.717, 1.165) is 18.9 Å². The van der Waals surface area contributed by atoms with Crippen LogP contribution in [0.15, 0.2) is 39.8 Å². The Balaban J connectivity index is 2.70. The third-order valence-electron chi connectivity index (χ3n) is 3.27. The number of furan rings is 1. The zero-order chi connectivity index (χ0) is 17.0. The summed E-state index contributed by atoms with van der Waals surface area (Å²) < 4.78 is 29.1. The number of unbranched alkanes of at least 4 members (excludes halogenated alkanes) is 1. The molecule has 4 N–H and O–H groups in total. The second-order valence-electron chi connectivity index (χ2n) is 5.00. The van der Waals surface area contributed by atoms with Crippen LogP contribution in [0.4, 0.5) is 5.69 Å². The summed E-state index contributed by atoms with van der Waals surface area (Å²) in [4.78, 5) is 11.0. The fraction of sp³-hybridized carbons (Fsp3) is 0.267. The van der Waals surface area contributed by atoms with E-state index in [0.29, 0.717) is 18.0 Å². The van der Waals surface area contributed by atoms with Crippen LogP contribution in [-0.2, 0) is 10.0 Å². The molecule has 0 spiro atoms. The number of sulfonamides is 1. The number of aromatic carboxylic acids is 1. The van der Waals surface area contributed by atoms with Crippen molar-refractivity contribution in [2.24, 2.45) is 5.14 Å². The molecular weight excluding hydrogens is 320 g/mol. The molecule has 23 heavy (non-hydrogen) atoms. The summed E-state index contributed by atoms with van der Waals surface area (Å²) in [5.74, 6) is -0.940. The minimum absolute atomic E-state index is 0.164. The molecule has 0 aliphatic rings. The number of benzene rings is 1. The van der Waals surface area contributed by atoms with Crippen LogP contribution in [0.5, 0.6) is 0 Å². The summed E-state index contributed by atoms with van der Waals surface area (Å²) in [5, 5.41) is 17.5. The van der Waals surface area contributed by atoms with Gasteiger partial charge in [0.25, 0.3) is 0 Å². The van der Waals surface area contributed by atoms with Crippen LogP contribution >= 0.6 is 0 Å². The maximum atomic E-state index is 11.9. The number of nitrogens with one attached hydrogen (secondary N) is 1. The normalized spacial score (nSPS) is 11.4. The Bertz CT molecular complexity index is 798. The van der Waals surface area contributed by atoms with Crippen LogP contribution in [0.25, 0.3) is 11.3 Å². The van der Waals surface area contributed by atoms with Gasteiger partial charge in [0.2, 0.25) is 10.0 Å². The number of carbonyl (C=O) groups is 1. The van der Waals surface area contributed by atoms with Crippen LogP contribution in [0.2, 0.25) is 0 Å². The molecule has 0 fully saturated rings. The summed E-state index contributed by atoms with van der Waals surface area (Å²) in [6, 6.07) is 5.63. The lowest BCUT2D eigenvalue weighted by atomic mass is 10.1. The van der Waals surface area contributed by atoms with Crippen LogP contribution < -0.4 is 10.5 Å². The molecule has 1 aromatic heterocycles. The number of hydrogen-bond acceptors (Lipinski definition) is 5. The highest BCUT2D eigenvalue weighted by atomic mass is 32.2. The minimum atomic E-state index is -4.13. The molecule has 0 aliphatic heterocycles. The number of anilines is 1. The van der Waals surface area contributed by atoms with Gasteiger partial charge in [-0.3, -0.25) is 0 Å². The molecule has 0 saturated heterocycles. The molecule has 0 atom stereocenters. The van der Waals surface area contributed by atoms with E-state index < -0.39 is 16.0 Å². The minimum Gasteiger partial charge on any atom is -0.478 e. The third-order valence-corrected chi connectivity index (χ3v) is 4.20. The lowest BCUT2D eigenvalue weighted by Crippen LogP contribution is -2.16. The third kappa shape index (κ3) is 3.91. The van der Waals surface area contributed by atoms with Gasteiger partial charge in [-0.15, -0.1) is 0 Å². The predicted octanol–water partition coefficient (Wildman–Crippen LogP) is 2.50. The van der Waals surface area contributed by atoms with Crippen molar-refractivity contribution >= 4 is 21.7 Å². The molecule has 0 aliphatic carbocycles. The molecule has 0 bridgehead atoms. The summed E-state index contributed by atoms with van der Waals surface area (Å²) in [7, 11) is -4.13. The van der Waals surface area contributed by atoms with E-state index in [1.807, 2.05) is 6.92 Å². The molecule has 0 saturated carbocycles. The topological polar surface area (TPSA) is 123 Å². The molecule has 124 valence electrons. The maximum Gasteiger partial charge on any atom is 0.335 e. The Morgan fingerprint density at radius 3 is 2.65 bits per heavy atom. The molecule has 2 rings (SSSR count). The highest BCUT2D eigenvalue weighted by Crippen LogP contribution is 2.35. The van der Waals surface area contributed by atoms with E-state index in [4.69, 9.17) is 9.56 Å².